The molecule has 246 valence electrons. The average Bonchev–Trinajstić information content (AvgIpc) is 2.99. The Hall–Kier alpha value is -4.29. The quantitative estimate of drug-likeness (QED) is 0.0975. The summed E-state index contributed by atoms with van der Waals surface area (Å²) in [4.78, 5) is 21.9. The van der Waals surface area contributed by atoms with Crippen molar-refractivity contribution in [2.24, 2.45) is 0 Å². The Morgan fingerprint density at radius 1 is 0.848 bits per heavy atom. The number of carboxylic acid groups (broad SMARTS) is 1. The van der Waals surface area contributed by atoms with Crippen molar-refractivity contribution in [2.45, 2.75) is 39.2 Å². The standard InChI is InChI=1S/C27H18Cl2F6N2.C4H9NO.CH2O2/c1-15-2-3-17(13-36-15)22-10-18(26(30,31)32)11-24(27(33,34)35)23(22)14-37-20-7-4-16(5-8-20)21-9-6-19(28)12-25(21)29;1-2-3-5-4-6;2-1-3/h2-13,37H,14H2,1H3;4H,2-3H2,1H3,(H,5,6);1H,(H,2,3). The van der Waals surface area contributed by atoms with E-state index in [1.54, 1.807) is 49.4 Å². The molecule has 0 radical (unpaired) electrons. The van der Waals surface area contributed by atoms with Crippen molar-refractivity contribution in [1.29, 1.82) is 0 Å². The second-order valence-electron chi connectivity index (χ2n) is 9.47. The summed E-state index contributed by atoms with van der Waals surface area (Å²) >= 11 is 12.2. The smallest absolute Gasteiger partial charge is 0.416 e. The molecule has 4 rings (SSSR count). The molecule has 1 aromatic heterocycles. The number of aromatic nitrogens is 1. The van der Waals surface area contributed by atoms with Gasteiger partial charge in [-0.3, -0.25) is 14.6 Å². The van der Waals surface area contributed by atoms with E-state index >= 15 is 0 Å². The summed E-state index contributed by atoms with van der Waals surface area (Å²) in [6, 6.07) is 15.6. The van der Waals surface area contributed by atoms with E-state index in [0.29, 0.717) is 33.4 Å². The van der Waals surface area contributed by atoms with E-state index in [1.165, 1.54) is 18.3 Å². The number of benzene rings is 3. The number of nitrogens with zero attached hydrogens (tertiary/aromatic N) is 1. The summed E-state index contributed by atoms with van der Waals surface area (Å²) in [6.07, 6.45) is -6.99. The molecule has 0 fully saturated rings. The lowest BCUT2D eigenvalue weighted by Crippen LogP contribution is -2.17. The Morgan fingerprint density at radius 2 is 1.48 bits per heavy atom. The summed E-state index contributed by atoms with van der Waals surface area (Å²) < 4.78 is 82.5. The van der Waals surface area contributed by atoms with Crippen molar-refractivity contribution in [1.82, 2.24) is 10.3 Å². The third kappa shape index (κ3) is 11.3. The molecule has 46 heavy (non-hydrogen) atoms. The Morgan fingerprint density at radius 3 is 1.96 bits per heavy atom. The highest BCUT2D eigenvalue weighted by Gasteiger charge is 2.39. The summed E-state index contributed by atoms with van der Waals surface area (Å²) in [5.74, 6) is 0. The molecule has 1 amide bonds. The van der Waals surface area contributed by atoms with Gasteiger partial charge in [0.05, 0.1) is 11.1 Å². The van der Waals surface area contributed by atoms with Crippen LogP contribution in [0.4, 0.5) is 32.0 Å². The van der Waals surface area contributed by atoms with Crippen molar-refractivity contribution in [3.05, 3.63) is 105 Å². The Bertz CT molecular complexity index is 1580. The molecule has 0 aliphatic rings. The third-order valence-electron chi connectivity index (χ3n) is 6.18. The number of amides is 1. The van der Waals surface area contributed by atoms with Gasteiger partial charge in [-0.25, -0.2) is 0 Å². The topological polar surface area (TPSA) is 91.3 Å². The van der Waals surface area contributed by atoms with Gasteiger partial charge in [0.1, 0.15) is 0 Å². The molecule has 4 aromatic rings. The zero-order valence-corrected chi connectivity index (χ0v) is 26.0. The fraction of sp³-hybridized carbons (Fsp3) is 0.219. The number of anilines is 1. The highest BCUT2D eigenvalue weighted by molar-refractivity contribution is 6.36. The van der Waals surface area contributed by atoms with Gasteiger partial charge in [0.15, 0.2) is 0 Å². The van der Waals surface area contributed by atoms with Crippen LogP contribution in [0.25, 0.3) is 22.3 Å². The maximum absolute atomic E-state index is 14.0. The minimum absolute atomic E-state index is 0.145. The molecule has 14 heteroatoms. The molecule has 0 saturated carbocycles. The number of hydrogen-bond acceptors (Lipinski definition) is 4. The van der Waals surface area contributed by atoms with Gasteiger partial charge in [-0.2, -0.15) is 26.3 Å². The summed E-state index contributed by atoms with van der Waals surface area (Å²) in [6.45, 7) is 3.84. The molecule has 3 aromatic carbocycles. The number of rotatable bonds is 8. The van der Waals surface area contributed by atoms with Crippen LogP contribution in [0.15, 0.2) is 72.9 Å². The van der Waals surface area contributed by atoms with Crippen LogP contribution >= 0.6 is 23.2 Å². The van der Waals surface area contributed by atoms with Gasteiger partial charge < -0.3 is 15.7 Å². The second-order valence-corrected chi connectivity index (χ2v) is 10.3. The normalized spacial score (nSPS) is 10.9. The number of aryl methyl sites for hydroxylation is 1. The van der Waals surface area contributed by atoms with Gasteiger partial charge >= 0.3 is 12.4 Å². The largest absolute Gasteiger partial charge is 0.483 e. The summed E-state index contributed by atoms with van der Waals surface area (Å²) in [7, 11) is 0. The molecule has 0 atom stereocenters. The average molecular weight is 688 g/mol. The first-order valence-corrected chi connectivity index (χ1v) is 14.2. The van der Waals surface area contributed by atoms with E-state index in [0.717, 1.165) is 24.6 Å². The molecule has 0 bridgehead atoms. The molecular weight excluding hydrogens is 659 g/mol. The number of pyridine rings is 1. The third-order valence-corrected chi connectivity index (χ3v) is 6.73. The highest BCUT2D eigenvalue weighted by atomic mass is 35.5. The van der Waals surface area contributed by atoms with Crippen LogP contribution in [0.1, 0.15) is 35.7 Å². The lowest BCUT2D eigenvalue weighted by molar-refractivity contribution is -0.143. The van der Waals surface area contributed by atoms with E-state index in [9.17, 15) is 31.1 Å². The minimum Gasteiger partial charge on any atom is -0.483 e. The predicted molar refractivity (Wildman–Crippen MR) is 167 cm³/mol. The van der Waals surface area contributed by atoms with Crippen LogP contribution < -0.4 is 10.6 Å². The molecule has 1 heterocycles. The maximum atomic E-state index is 14.0. The first kappa shape index (κ1) is 37.9. The number of alkyl halides is 6. The fourth-order valence-electron chi connectivity index (χ4n) is 4.05. The predicted octanol–water partition coefficient (Wildman–Crippen LogP) is 9.52. The SMILES string of the molecule is CCCNC=O.Cc1ccc(-c2cc(C(F)(F)F)cc(C(F)(F)F)c2CNc2ccc(-c3ccc(Cl)cc3Cl)cc2)cn1.O=CO. The number of carbonyl (C=O) groups is 2. The zero-order chi connectivity index (χ0) is 34.5. The highest BCUT2D eigenvalue weighted by Crippen LogP contribution is 2.42. The van der Waals surface area contributed by atoms with Crippen molar-refractivity contribution in [2.75, 3.05) is 11.9 Å². The van der Waals surface area contributed by atoms with Gasteiger partial charge in [0, 0.05) is 51.8 Å². The van der Waals surface area contributed by atoms with Gasteiger partial charge in [0.25, 0.3) is 6.47 Å². The number of nitrogens with one attached hydrogen (secondary N) is 2. The van der Waals surface area contributed by atoms with Crippen LogP contribution in [0.5, 0.6) is 0 Å². The lowest BCUT2D eigenvalue weighted by Gasteiger charge is -2.21. The van der Waals surface area contributed by atoms with Crippen molar-refractivity contribution < 1.29 is 41.0 Å². The van der Waals surface area contributed by atoms with Crippen LogP contribution in [0.2, 0.25) is 10.0 Å². The minimum atomic E-state index is -5.01. The first-order chi connectivity index (χ1) is 21.7. The number of hydrogen-bond donors (Lipinski definition) is 3. The first-order valence-electron chi connectivity index (χ1n) is 13.4. The summed E-state index contributed by atoms with van der Waals surface area (Å²) in [5, 5.41) is 13.2. The van der Waals surface area contributed by atoms with Crippen LogP contribution in [-0.4, -0.2) is 29.5 Å². The van der Waals surface area contributed by atoms with Gasteiger partial charge in [0.2, 0.25) is 6.41 Å². The van der Waals surface area contributed by atoms with E-state index in [2.05, 4.69) is 15.6 Å². The maximum Gasteiger partial charge on any atom is 0.416 e. The number of halogens is 8. The van der Waals surface area contributed by atoms with E-state index < -0.39 is 23.5 Å². The molecule has 0 aliphatic carbocycles. The van der Waals surface area contributed by atoms with Gasteiger partial charge in [-0.1, -0.05) is 54.4 Å². The molecule has 3 N–H and O–H groups in total. The second kappa shape index (κ2) is 17.4. The Balaban J connectivity index is 0.000000723. The molecule has 0 unspecified atom stereocenters. The van der Waals surface area contributed by atoms with Crippen LogP contribution in [0, 0.1) is 6.92 Å². The Kier molecular flexibility index (Phi) is 14.3. The summed E-state index contributed by atoms with van der Waals surface area (Å²) in [5.41, 5.74) is -0.618. The van der Waals surface area contributed by atoms with Crippen molar-refractivity contribution in [3.63, 3.8) is 0 Å². The van der Waals surface area contributed by atoms with E-state index in [-0.39, 0.29) is 35.8 Å². The van der Waals surface area contributed by atoms with E-state index in [1.807, 2.05) is 6.92 Å². The fourth-order valence-corrected chi connectivity index (χ4v) is 4.57. The zero-order valence-electron chi connectivity index (χ0n) is 24.4. The number of carbonyl (C=O) groups excluding carboxylic acids is 1. The molecule has 0 aliphatic heterocycles. The van der Waals surface area contributed by atoms with E-state index in [4.69, 9.17) is 33.1 Å². The van der Waals surface area contributed by atoms with Crippen molar-refractivity contribution in [3.8, 4) is 22.3 Å². The monoisotopic (exact) mass is 687 g/mol. The van der Waals surface area contributed by atoms with Gasteiger partial charge in [-0.05, 0) is 72.5 Å². The molecule has 0 saturated heterocycles. The van der Waals surface area contributed by atoms with Crippen molar-refractivity contribution >= 4 is 41.8 Å². The molecule has 0 spiro atoms. The lowest BCUT2D eigenvalue weighted by atomic mass is 9.92. The van der Waals surface area contributed by atoms with Gasteiger partial charge in [-0.15, -0.1) is 0 Å². The van der Waals surface area contributed by atoms with Crippen LogP contribution in [-0.2, 0) is 28.5 Å². The molecule has 6 nitrogen and oxygen atoms in total. The Labute approximate surface area is 271 Å². The molecular formula is C32H29Cl2F6N3O3. The van der Waals surface area contributed by atoms with Crippen LogP contribution in [0.3, 0.4) is 0 Å².